The van der Waals surface area contributed by atoms with E-state index in [-0.39, 0.29) is 6.03 Å². The van der Waals surface area contributed by atoms with Crippen LogP contribution in [0.5, 0.6) is 11.5 Å². The van der Waals surface area contributed by atoms with E-state index in [1.54, 1.807) is 29.8 Å². The maximum Gasteiger partial charge on any atom is 0.321 e. The average Bonchev–Trinajstić information content (AvgIpc) is 2.63. The van der Waals surface area contributed by atoms with Crippen LogP contribution in [0.25, 0.3) is 0 Å². The second kappa shape index (κ2) is 8.01. The molecule has 0 unspecified atom stereocenters. The fourth-order valence-corrected chi connectivity index (χ4v) is 3.28. The first-order chi connectivity index (χ1) is 12.1. The Kier molecular flexibility index (Phi) is 5.75. The summed E-state index contributed by atoms with van der Waals surface area (Å²) in [6, 6.07) is 11.6. The Morgan fingerprint density at radius 3 is 2.48 bits per heavy atom. The largest absolute Gasteiger partial charge is 0.486 e. The number of hydrogen-bond acceptors (Lipinski definition) is 4. The van der Waals surface area contributed by atoms with Gasteiger partial charge in [-0.25, -0.2) is 4.79 Å². The highest BCUT2D eigenvalue weighted by Crippen LogP contribution is 2.38. The minimum atomic E-state index is -0.189. The van der Waals surface area contributed by atoms with Crippen LogP contribution in [0.3, 0.4) is 0 Å². The number of urea groups is 1. The molecule has 0 radical (unpaired) electrons. The number of hydrogen-bond donors (Lipinski definition) is 1. The van der Waals surface area contributed by atoms with Gasteiger partial charge in [-0.2, -0.15) is 0 Å². The molecule has 7 heteroatoms. The molecule has 0 saturated heterocycles. The van der Waals surface area contributed by atoms with E-state index in [0.29, 0.717) is 36.9 Å². The van der Waals surface area contributed by atoms with Gasteiger partial charge in [0, 0.05) is 35.1 Å². The van der Waals surface area contributed by atoms with Gasteiger partial charge in [-0.15, -0.1) is 11.8 Å². The van der Waals surface area contributed by atoms with Crippen LogP contribution in [0, 0.1) is 0 Å². The third-order valence-electron chi connectivity index (χ3n) is 3.80. The van der Waals surface area contributed by atoms with Gasteiger partial charge < -0.3 is 19.7 Å². The van der Waals surface area contributed by atoms with Gasteiger partial charge in [0.15, 0.2) is 11.5 Å². The third kappa shape index (κ3) is 4.41. The topological polar surface area (TPSA) is 50.8 Å². The SMILES string of the molecule is CSc1ccc(CN(C)C(=O)Nc2cc3c(cc2Br)OCCO3)cc1. The summed E-state index contributed by atoms with van der Waals surface area (Å²) >= 11 is 5.16. The first kappa shape index (κ1) is 17.9. The summed E-state index contributed by atoms with van der Waals surface area (Å²) in [4.78, 5) is 15.3. The monoisotopic (exact) mass is 422 g/mol. The Morgan fingerprint density at radius 2 is 1.84 bits per heavy atom. The zero-order valence-electron chi connectivity index (χ0n) is 14.0. The number of fused-ring (bicyclic) bond motifs is 1. The number of anilines is 1. The molecule has 0 fully saturated rings. The molecule has 1 heterocycles. The predicted octanol–water partition coefficient (Wildman–Crippen LogP) is 4.61. The van der Waals surface area contributed by atoms with E-state index in [4.69, 9.17) is 9.47 Å². The van der Waals surface area contributed by atoms with Gasteiger partial charge >= 0.3 is 6.03 Å². The predicted molar refractivity (Wildman–Crippen MR) is 104 cm³/mol. The van der Waals surface area contributed by atoms with Crippen LogP contribution < -0.4 is 14.8 Å². The van der Waals surface area contributed by atoms with Gasteiger partial charge in [0.25, 0.3) is 0 Å². The van der Waals surface area contributed by atoms with Crippen molar-refractivity contribution in [2.24, 2.45) is 0 Å². The Morgan fingerprint density at radius 1 is 1.20 bits per heavy atom. The van der Waals surface area contributed by atoms with Crippen LogP contribution >= 0.6 is 27.7 Å². The van der Waals surface area contributed by atoms with Crippen molar-refractivity contribution in [1.29, 1.82) is 0 Å². The molecular weight excluding hydrogens is 404 g/mol. The molecule has 0 aromatic heterocycles. The van der Waals surface area contributed by atoms with Gasteiger partial charge in [-0.3, -0.25) is 0 Å². The number of halogens is 1. The van der Waals surface area contributed by atoms with E-state index >= 15 is 0 Å². The first-order valence-corrected chi connectivity index (χ1v) is 9.83. The average molecular weight is 423 g/mol. The Balaban J connectivity index is 1.66. The summed E-state index contributed by atoms with van der Waals surface area (Å²) in [5, 5.41) is 2.90. The number of amides is 2. The molecule has 1 aliphatic heterocycles. The number of nitrogens with zero attached hydrogens (tertiary/aromatic N) is 1. The standard InChI is InChI=1S/C18H19BrN2O3S/c1-21(11-12-3-5-13(25-2)6-4-12)18(22)20-15-10-17-16(9-14(15)19)23-7-8-24-17/h3-6,9-10H,7-8,11H2,1-2H3,(H,20,22). The molecule has 5 nitrogen and oxygen atoms in total. The molecule has 0 saturated carbocycles. The fourth-order valence-electron chi connectivity index (χ4n) is 2.45. The van der Waals surface area contributed by atoms with Crippen molar-refractivity contribution in [2.75, 3.05) is 31.8 Å². The van der Waals surface area contributed by atoms with Gasteiger partial charge in [0.2, 0.25) is 0 Å². The number of carbonyl (C=O) groups is 1. The van der Waals surface area contributed by atoms with Crippen molar-refractivity contribution < 1.29 is 14.3 Å². The van der Waals surface area contributed by atoms with Crippen LogP contribution in [0.2, 0.25) is 0 Å². The first-order valence-electron chi connectivity index (χ1n) is 7.81. The second-order valence-corrected chi connectivity index (χ2v) is 7.34. The van der Waals surface area contributed by atoms with E-state index in [0.717, 1.165) is 10.0 Å². The van der Waals surface area contributed by atoms with Crippen molar-refractivity contribution in [2.45, 2.75) is 11.4 Å². The maximum absolute atomic E-state index is 12.5. The second-order valence-electron chi connectivity index (χ2n) is 5.61. The summed E-state index contributed by atoms with van der Waals surface area (Å²) in [6.45, 7) is 1.57. The van der Waals surface area contributed by atoms with E-state index in [1.165, 1.54) is 4.90 Å². The quantitative estimate of drug-likeness (QED) is 0.730. The third-order valence-corrected chi connectivity index (χ3v) is 5.20. The minimum Gasteiger partial charge on any atom is -0.486 e. The molecule has 0 aliphatic carbocycles. The highest BCUT2D eigenvalue weighted by molar-refractivity contribution is 9.10. The number of ether oxygens (including phenoxy) is 2. The smallest absolute Gasteiger partial charge is 0.321 e. The van der Waals surface area contributed by atoms with Crippen molar-refractivity contribution in [3.63, 3.8) is 0 Å². The maximum atomic E-state index is 12.5. The van der Waals surface area contributed by atoms with Crippen molar-refractivity contribution in [1.82, 2.24) is 4.90 Å². The van der Waals surface area contributed by atoms with Crippen LogP contribution in [0.4, 0.5) is 10.5 Å². The zero-order chi connectivity index (χ0) is 17.8. The molecule has 3 rings (SSSR count). The lowest BCUT2D eigenvalue weighted by Gasteiger charge is -2.22. The van der Waals surface area contributed by atoms with E-state index in [1.807, 2.05) is 24.5 Å². The van der Waals surface area contributed by atoms with Crippen LogP contribution in [0.15, 0.2) is 45.8 Å². The van der Waals surface area contributed by atoms with Crippen LogP contribution in [0.1, 0.15) is 5.56 Å². The minimum absolute atomic E-state index is 0.189. The molecule has 2 aromatic rings. The van der Waals surface area contributed by atoms with E-state index < -0.39 is 0 Å². The summed E-state index contributed by atoms with van der Waals surface area (Å²) in [6.07, 6.45) is 2.04. The Labute approximate surface area is 159 Å². The molecule has 132 valence electrons. The zero-order valence-corrected chi connectivity index (χ0v) is 16.4. The highest BCUT2D eigenvalue weighted by atomic mass is 79.9. The molecule has 25 heavy (non-hydrogen) atoms. The molecule has 2 amide bonds. The van der Waals surface area contributed by atoms with Crippen LogP contribution in [-0.4, -0.2) is 37.4 Å². The van der Waals surface area contributed by atoms with Gasteiger partial charge in [-0.05, 0) is 39.9 Å². The molecule has 2 aromatic carbocycles. The molecule has 0 atom stereocenters. The number of rotatable bonds is 4. The van der Waals surface area contributed by atoms with Crippen LogP contribution in [-0.2, 0) is 6.54 Å². The normalized spacial score (nSPS) is 12.6. The number of carbonyl (C=O) groups excluding carboxylic acids is 1. The number of benzene rings is 2. The van der Waals surface area contributed by atoms with Gasteiger partial charge in [0.05, 0.1) is 5.69 Å². The molecule has 0 bridgehead atoms. The van der Waals surface area contributed by atoms with E-state index in [9.17, 15) is 4.79 Å². The van der Waals surface area contributed by atoms with Crippen molar-refractivity contribution in [3.8, 4) is 11.5 Å². The molecule has 0 spiro atoms. The lowest BCUT2D eigenvalue weighted by atomic mass is 10.2. The Hall–Kier alpha value is -1.86. The number of thioether (sulfide) groups is 1. The summed E-state index contributed by atoms with van der Waals surface area (Å²) in [7, 11) is 1.77. The molecular formula is C18H19BrN2O3S. The lowest BCUT2D eigenvalue weighted by molar-refractivity contribution is 0.171. The number of nitrogens with one attached hydrogen (secondary N) is 1. The van der Waals surface area contributed by atoms with Gasteiger partial charge in [-0.1, -0.05) is 12.1 Å². The van der Waals surface area contributed by atoms with Gasteiger partial charge in [0.1, 0.15) is 13.2 Å². The van der Waals surface area contributed by atoms with Crippen molar-refractivity contribution >= 4 is 39.4 Å². The van der Waals surface area contributed by atoms with Crippen molar-refractivity contribution in [3.05, 3.63) is 46.4 Å². The highest BCUT2D eigenvalue weighted by Gasteiger charge is 2.17. The summed E-state index contributed by atoms with van der Waals surface area (Å²) in [5.41, 5.74) is 1.73. The molecule has 1 N–H and O–H groups in total. The summed E-state index contributed by atoms with van der Waals surface area (Å²) < 4.78 is 11.8. The van der Waals surface area contributed by atoms with E-state index in [2.05, 4.69) is 33.4 Å². The fraction of sp³-hybridized carbons (Fsp3) is 0.278. The lowest BCUT2D eigenvalue weighted by Crippen LogP contribution is -2.31. The molecule has 1 aliphatic rings. The summed E-state index contributed by atoms with van der Waals surface area (Å²) in [5.74, 6) is 1.32. The Bertz CT molecular complexity index is 768.